The third kappa shape index (κ3) is 0.916. The molecule has 0 spiro atoms. The Labute approximate surface area is 72.8 Å². The molecule has 0 aromatic heterocycles. The van der Waals surface area contributed by atoms with Crippen molar-refractivity contribution in [1.29, 1.82) is 0 Å². The van der Waals surface area contributed by atoms with Gasteiger partial charge in [0.05, 0.1) is 5.41 Å². The third-order valence-corrected chi connectivity index (χ3v) is 2.51. The van der Waals surface area contributed by atoms with Crippen LogP contribution in [0.25, 0.3) is 0 Å². The molecule has 0 aliphatic heterocycles. The number of nitrogens with two attached hydrogens (primary N) is 1. The van der Waals surface area contributed by atoms with E-state index in [0.717, 1.165) is 18.4 Å². The molecule has 62 valence electrons. The molecule has 1 aromatic carbocycles. The van der Waals surface area contributed by atoms with Gasteiger partial charge < -0.3 is 5.73 Å². The monoisotopic (exact) mass is 162 g/mol. The fraction of sp³-hybridized carbons (Fsp3) is 0.300. The minimum absolute atomic E-state index is 0.182. The van der Waals surface area contributed by atoms with E-state index in [0.29, 0.717) is 0 Å². The lowest BCUT2D eigenvalue weighted by Gasteiger charge is -2.09. The van der Waals surface area contributed by atoms with Crippen molar-refractivity contribution in [3.8, 4) is 0 Å². The zero-order valence-corrected chi connectivity index (χ0v) is 6.71. The first-order chi connectivity index (χ1) is 6.29. The maximum Gasteiger partial charge on any atom is 0.228 e. The quantitative estimate of drug-likeness (QED) is 0.697. The molecule has 0 radical (unpaired) electrons. The summed E-state index contributed by atoms with van der Waals surface area (Å²) in [6.45, 7) is 0. The zero-order chi connectivity index (χ0) is 9.31. The normalized spacial score (nSPS) is 19.5. The molecule has 2 heteroatoms. The van der Waals surface area contributed by atoms with E-state index in [4.69, 9.17) is 1.41 Å². The molecule has 1 amide bonds. The van der Waals surface area contributed by atoms with E-state index in [1.807, 2.05) is 36.1 Å². The molecule has 0 atom stereocenters. The standard InChI is InChI=1S/C10H11NO/c11-9(12)10(6-7-10)8-4-2-1-3-5-8/h1-5H,6-7H2,(H2,11,12)/i/hD. The van der Waals surface area contributed by atoms with Gasteiger partial charge in [0.2, 0.25) is 5.91 Å². The van der Waals surface area contributed by atoms with Crippen molar-refractivity contribution in [1.82, 2.24) is 0 Å². The third-order valence-electron chi connectivity index (χ3n) is 2.51. The van der Waals surface area contributed by atoms with Crippen molar-refractivity contribution < 1.29 is 6.21 Å². The summed E-state index contributed by atoms with van der Waals surface area (Å²) < 4.78 is 6.85. The van der Waals surface area contributed by atoms with Crippen molar-refractivity contribution in [2.24, 2.45) is 5.73 Å². The molecule has 0 unspecified atom stereocenters. The molecule has 1 aromatic rings. The fourth-order valence-corrected chi connectivity index (χ4v) is 1.53. The summed E-state index contributed by atoms with van der Waals surface area (Å²) in [6.07, 6.45) is 1.73. The molecule has 12 heavy (non-hydrogen) atoms. The SMILES string of the molecule is [2H]NC(=O)C1(c2ccccc2)CC1. The van der Waals surface area contributed by atoms with Crippen LogP contribution >= 0.6 is 0 Å². The van der Waals surface area contributed by atoms with Crippen molar-refractivity contribution in [2.75, 3.05) is 0 Å². The number of rotatable bonds is 2. The first-order valence-electron chi connectivity index (χ1n) is 4.57. The highest BCUT2D eigenvalue weighted by Crippen LogP contribution is 2.47. The van der Waals surface area contributed by atoms with E-state index < -0.39 is 0 Å². The Balaban J connectivity index is 2.31. The summed E-state index contributed by atoms with van der Waals surface area (Å²) in [5, 5.41) is 0. The van der Waals surface area contributed by atoms with Crippen LogP contribution in [-0.2, 0) is 10.2 Å². The molecule has 1 aliphatic carbocycles. The Bertz CT molecular complexity index is 319. The van der Waals surface area contributed by atoms with Crippen LogP contribution in [0.15, 0.2) is 30.3 Å². The van der Waals surface area contributed by atoms with Crippen LogP contribution in [0, 0.1) is 0 Å². The van der Waals surface area contributed by atoms with Gasteiger partial charge in [0.1, 0.15) is 0 Å². The van der Waals surface area contributed by atoms with Crippen LogP contribution in [0.3, 0.4) is 0 Å². The predicted molar refractivity (Wildman–Crippen MR) is 46.5 cm³/mol. The Hall–Kier alpha value is -1.31. The molecule has 2 N–H and O–H groups in total. The average Bonchev–Trinajstić information content (AvgIpc) is 2.99. The maximum atomic E-state index is 11.4. The van der Waals surface area contributed by atoms with Crippen LogP contribution in [0.5, 0.6) is 0 Å². The van der Waals surface area contributed by atoms with Crippen molar-refractivity contribution in [3.63, 3.8) is 0 Å². The summed E-state index contributed by atoms with van der Waals surface area (Å²) in [5.41, 5.74) is 2.62. The van der Waals surface area contributed by atoms with Crippen molar-refractivity contribution in [2.45, 2.75) is 18.3 Å². The fourth-order valence-electron chi connectivity index (χ4n) is 1.53. The summed E-state index contributed by atoms with van der Waals surface area (Å²) in [7, 11) is 0. The van der Waals surface area contributed by atoms with Gasteiger partial charge in [-0.3, -0.25) is 4.79 Å². The molecular formula is C10H11NO. The predicted octanol–water partition coefficient (Wildman–Crippen LogP) is 1.20. The maximum absolute atomic E-state index is 11.4. The first kappa shape index (κ1) is 6.23. The lowest BCUT2D eigenvalue weighted by molar-refractivity contribution is -0.120. The van der Waals surface area contributed by atoms with E-state index in [-0.39, 0.29) is 11.3 Å². The van der Waals surface area contributed by atoms with Crippen LogP contribution in [0.1, 0.15) is 18.4 Å². The van der Waals surface area contributed by atoms with Crippen LogP contribution < -0.4 is 5.73 Å². The van der Waals surface area contributed by atoms with Gasteiger partial charge in [-0.1, -0.05) is 30.3 Å². The molecule has 0 heterocycles. The summed E-state index contributed by atoms with van der Waals surface area (Å²) >= 11 is 0. The number of hydrogen-bond donors (Lipinski definition) is 1. The highest BCUT2D eigenvalue weighted by Gasteiger charge is 2.49. The molecule has 2 nitrogen and oxygen atoms in total. The van der Waals surface area contributed by atoms with Crippen molar-refractivity contribution in [3.05, 3.63) is 35.9 Å². The minimum atomic E-state index is -0.386. The smallest absolute Gasteiger partial charge is 0.228 e. The molecule has 1 fully saturated rings. The second-order valence-electron chi connectivity index (χ2n) is 3.28. The lowest BCUT2D eigenvalue weighted by Crippen LogP contribution is -2.28. The largest absolute Gasteiger partial charge is 0.369 e. The van der Waals surface area contributed by atoms with Crippen LogP contribution in [0.2, 0.25) is 1.41 Å². The van der Waals surface area contributed by atoms with Crippen molar-refractivity contribution >= 4 is 5.91 Å². The van der Waals surface area contributed by atoms with Gasteiger partial charge in [0.25, 0.3) is 0 Å². The van der Waals surface area contributed by atoms with E-state index in [9.17, 15) is 4.79 Å². The topological polar surface area (TPSA) is 43.1 Å². The zero-order valence-electron chi connectivity index (χ0n) is 7.71. The van der Waals surface area contributed by atoms with Gasteiger partial charge in [-0.15, -0.1) is 0 Å². The number of primary amides is 1. The second-order valence-corrected chi connectivity index (χ2v) is 3.28. The average molecular weight is 162 g/mol. The number of carbonyl (C=O) groups is 1. The first-order valence-corrected chi connectivity index (χ1v) is 4.07. The highest BCUT2D eigenvalue weighted by molar-refractivity contribution is 5.89. The van der Waals surface area contributed by atoms with Crippen LogP contribution in [-0.4, -0.2) is 5.91 Å². The van der Waals surface area contributed by atoms with Gasteiger partial charge in [-0.2, -0.15) is 0 Å². The Morgan fingerprint density at radius 3 is 2.58 bits per heavy atom. The molecular weight excluding hydrogens is 150 g/mol. The number of carbonyl (C=O) groups excluding carboxylic acids is 1. The molecule has 2 rings (SSSR count). The van der Waals surface area contributed by atoms with Crippen LogP contribution in [0.4, 0.5) is 0 Å². The summed E-state index contributed by atoms with van der Waals surface area (Å²) in [5.74, 6) is -0.182. The van der Waals surface area contributed by atoms with Gasteiger partial charge in [-0.05, 0) is 18.4 Å². The van der Waals surface area contributed by atoms with Gasteiger partial charge in [0, 0.05) is 0 Å². The van der Waals surface area contributed by atoms with E-state index in [1.165, 1.54) is 0 Å². The summed E-state index contributed by atoms with van der Waals surface area (Å²) in [4.78, 5) is 11.4. The Morgan fingerprint density at radius 2 is 2.08 bits per heavy atom. The Morgan fingerprint density at radius 1 is 1.42 bits per heavy atom. The van der Waals surface area contributed by atoms with E-state index in [1.54, 1.807) is 0 Å². The highest BCUT2D eigenvalue weighted by atomic mass is 16.1. The number of benzene rings is 1. The lowest BCUT2D eigenvalue weighted by atomic mass is 9.96. The van der Waals surface area contributed by atoms with E-state index in [2.05, 4.69) is 0 Å². The van der Waals surface area contributed by atoms with Gasteiger partial charge >= 0.3 is 0 Å². The summed E-state index contributed by atoms with van der Waals surface area (Å²) in [6, 6.07) is 9.67. The molecule has 1 aliphatic rings. The van der Waals surface area contributed by atoms with E-state index >= 15 is 0 Å². The molecule has 0 saturated heterocycles. The number of amides is 1. The molecule has 0 bridgehead atoms. The minimum Gasteiger partial charge on any atom is -0.369 e. The molecule has 1 saturated carbocycles. The Kier molecular flexibility index (Phi) is 1.21. The number of hydrogen-bond acceptors (Lipinski definition) is 1. The van der Waals surface area contributed by atoms with Gasteiger partial charge in [-0.25, -0.2) is 0 Å². The second kappa shape index (κ2) is 2.34. The van der Waals surface area contributed by atoms with Gasteiger partial charge in [0.15, 0.2) is 1.41 Å².